The smallest absolute Gasteiger partial charge is 0.241 e. The summed E-state index contributed by atoms with van der Waals surface area (Å²) in [6, 6.07) is 12.8. The second kappa shape index (κ2) is 5.93. The van der Waals surface area contributed by atoms with E-state index in [1.807, 2.05) is 12.1 Å². The maximum absolute atomic E-state index is 5.43. The Balaban J connectivity index is 1.52. The zero-order chi connectivity index (χ0) is 15.6. The summed E-state index contributed by atoms with van der Waals surface area (Å²) in [5.41, 5.74) is 3.71. The van der Waals surface area contributed by atoms with Gasteiger partial charge in [0.25, 0.3) is 0 Å². The van der Waals surface area contributed by atoms with Crippen LogP contribution in [0.2, 0.25) is 0 Å². The van der Waals surface area contributed by atoms with Crippen LogP contribution in [-0.2, 0) is 13.0 Å². The molecule has 0 N–H and O–H groups in total. The number of benzene rings is 1. The molecule has 1 aliphatic rings. The molecule has 0 fully saturated rings. The molecule has 116 valence electrons. The molecular formula is C18H18N4O. The normalized spacial score (nSPS) is 17.9. The highest BCUT2D eigenvalue weighted by atomic mass is 16.5. The van der Waals surface area contributed by atoms with E-state index in [2.05, 4.69) is 51.2 Å². The van der Waals surface area contributed by atoms with E-state index in [-0.39, 0.29) is 0 Å². The summed E-state index contributed by atoms with van der Waals surface area (Å²) >= 11 is 0. The summed E-state index contributed by atoms with van der Waals surface area (Å²) in [4.78, 5) is 11.0. The lowest BCUT2D eigenvalue weighted by Crippen LogP contribution is -2.33. The van der Waals surface area contributed by atoms with Crippen molar-refractivity contribution in [2.24, 2.45) is 0 Å². The van der Waals surface area contributed by atoms with Gasteiger partial charge in [0.05, 0.1) is 6.54 Å². The molecule has 5 nitrogen and oxygen atoms in total. The molecule has 0 unspecified atom stereocenters. The number of nitrogens with zero attached hydrogens (tertiary/aromatic N) is 4. The first kappa shape index (κ1) is 14.1. The third-order valence-corrected chi connectivity index (χ3v) is 4.45. The maximum atomic E-state index is 5.43. The molecule has 4 rings (SSSR count). The lowest BCUT2D eigenvalue weighted by Gasteiger charge is -2.34. The van der Waals surface area contributed by atoms with Gasteiger partial charge >= 0.3 is 0 Å². The van der Waals surface area contributed by atoms with Crippen molar-refractivity contribution in [1.82, 2.24) is 20.0 Å². The Kier molecular flexibility index (Phi) is 3.63. The van der Waals surface area contributed by atoms with Crippen LogP contribution in [0.1, 0.15) is 30.0 Å². The van der Waals surface area contributed by atoms with Crippen molar-refractivity contribution in [3.05, 3.63) is 65.8 Å². The Morgan fingerprint density at radius 2 is 2.13 bits per heavy atom. The highest BCUT2D eigenvalue weighted by Gasteiger charge is 2.25. The molecule has 0 spiro atoms. The minimum absolute atomic E-state index is 0.355. The van der Waals surface area contributed by atoms with Crippen molar-refractivity contribution in [3.63, 3.8) is 0 Å². The molecule has 3 aromatic rings. The van der Waals surface area contributed by atoms with Crippen LogP contribution in [0.15, 0.2) is 53.3 Å². The molecule has 1 atom stereocenters. The lowest BCUT2D eigenvalue weighted by molar-refractivity contribution is 0.165. The molecule has 23 heavy (non-hydrogen) atoms. The van der Waals surface area contributed by atoms with E-state index < -0.39 is 0 Å². The number of hydrogen-bond donors (Lipinski definition) is 0. The Morgan fingerprint density at radius 1 is 1.22 bits per heavy atom. The molecule has 0 amide bonds. The van der Waals surface area contributed by atoms with Gasteiger partial charge in [-0.2, -0.15) is 4.98 Å². The summed E-state index contributed by atoms with van der Waals surface area (Å²) in [6.45, 7) is 3.90. The summed E-state index contributed by atoms with van der Waals surface area (Å²) < 4.78 is 5.43. The minimum Gasteiger partial charge on any atom is -0.338 e. The Hall–Kier alpha value is -2.53. The summed E-state index contributed by atoms with van der Waals surface area (Å²) in [6.07, 6.45) is 4.54. The molecule has 0 radical (unpaired) electrons. The number of aromatic nitrogens is 3. The monoisotopic (exact) mass is 306 g/mol. The fourth-order valence-corrected chi connectivity index (χ4v) is 3.14. The summed E-state index contributed by atoms with van der Waals surface area (Å²) in [5, 5.41) is 4.07. The third-order valence-electron chi connectivity index (χ3n) is 4.45. The molecule has 3 heterocycles. The van der Waals surface area contributed by atoms with Gasteiger partial charge in [0.2, 0.25) is 11.7 Å². The Morgan fingerprint density at radius 3 is 3.00 bits per heavy atom. The predicted molar refractivity (Wildman–Crippen MR) is 86.5 cm³/mol. The SMILES string of the molecule is C[C@@H]1c2ccccc2CCN1Cc1nc(-c2cccnc2)no1. The second-order valence-corrected chi connectivity index (χ2v) is 5.85. The topological polar surface area (TPSA) is 55.1 Å². The molecular weight excluding hydrogens is 288 g/mol. The van der Waals surface area contributed by atoms with E-state index in [1.54, 1.807) is 12.4 Å². The zero-order valence-electron chi connectivity index (χ0n) is 13.0. The van der Waals surface area contributed by atoms with Gasteiger partial charge in [0, 0.05) is 30.5 Å². The van der Waals surface area contributed by atoms with Gasteiger partial charge in [0.15, 0.2) is 0 Å². The van der Waals surface area contributed by atoms with Crippen LogP contribution in [0.5, 0.6) is 0 Å². The maximum Gasteiger partial charge on any atom is 0.241 e. The molecule has 5 heteroatoms. The first-order valence-corrected chi connectivity index (χ1v) is 7.86. The Bertz CT molecular complexity index is 800. The minimum atomic E-state index is 0.355. The average Bonchev–Trinajstić information content (AvgIpc) is 3.07. The predicted octanol–water partition coefficient (Wildman–Crippen LogP) is 3.25. The van der Waals surface area contributed by atoms with Crippen molar-refractivity contribution < 1.29 is 4.52 Å². The lowest BCUT2D eigenvalue weighted by atomic mass is 9.94. The average molecular weight is 306 g/mol. The van der Waals surface area contributed by atoms with E-state index in [0.717, 1.165) is 18.5 Å². The fraction of sp³-hybridized carbons (Fsp3) is 0.278. The van der Waals surface area contributed by atoms with Crippen LogP contribution in [-0.4, -0.2) is 26.6 Å². The van der Waals surface area contributed by atoms with Crippen LogP contribution in [0.3, 0.4) is 0 Å². The largest absolute Gasteiger partial charge is 0.338 e. The molecule has 0 saturated heterocycles. The van der Waals surface area contributed by atoms with Gasteiger partial charge in [-0.3, -0.25) is 9.88 Å². The standard InChI is InChI=1S/C18H18N4O/c1-13-16-7-3-2-5-14(16)8-10-22(13)12-17-20-18(21-23-17)15-6-4-9-19-11-15/h2-7,9,11,13H,8,10,12H2,1H3/t13-/m1/s1. The van der Waals surface area contributed by atoms with Gasteiger partial charge in [-0.05, 0) is 36.6 Å². The van der Waals surface area contributed by atoms with Crippen LogP contribution < -0.4 is 0 Å². The molecule has 0 aliphatic carbocycles. The van der Waals surface area contributed by atoms with Crippen molar-refractivity contribution in [1.29, 1.82) is 0 Å². The number of hydrogen-bond acceptors (Lipinski definition) is 5. The zero-order valence-corrected chi connectivity index (χ0v) is 13.0. The third kappa shape index (κ3) is 2.75. The highest BCUT2D eigenvalue weighted by molar-refractivity contribution is 5.51. The number of rotatable bonds is 3. The molecule has 2 aromatic heterocycles. The van der Waals surface area contributed by atoms with Crippen molar-refractivity contribution in [3.8, 4) is 11.4 Å². The highest BCUT2D eigenvalue weighted by Crippen LogP contribution is 2.30. The van der Waals surface area contributed by atoms with Crippen molar-refractivity contribution >= 4 is 0 Å². The molecule has 1 aliphatic heterocycles. The quantitative estimate of drug-likeness (QED) is 0.743. The van der Waals surface area contributed by atoms with Crippen molar-refractivity contribution in [2.45, 2.75) is 25.9 Å². The first-order chi connectivity index (χ1) is 11.3. The van der Waals surface area contributed by atoms with Gasteiger partial charge in [-0.15, -0.1) is 0 Å². The van der Waals surface area contributed by atoms with E-state index >= 15 is 0 Å². The van der Waals surface area contributed by atoms with Crippen LogP contribution in [0.25, 0.3) is 11.4 Å². The molecule has 0 saturated carbocycles. The first-order valence-electron chi connectivity index (χ1n) is 7.86. The van der Waals surface area contributed by atoms with E-state index in [0.29, 0.717) is 24.3 Å². The van der Waals surface area contributed by atoms with Gasteiger partial charge in [0.1, 0.15) is 0 Å². The Labute approximate surface area is 135 Å². The summed E-state index contributed by atoms with van der Waals surface area (Å²) in [7, 11) is 0. The van der Waals surface area contributed by atoms with Gasteiger partial charge in [-0.1, -0.05) is 29.4 Å². The van der Waals surface area contributed by atoms with Gasteiger partial charge in [-0.25, -0.2) is 0 Å². The fourth-order valence-electron chi connectivity index (χ4n) is 3.14. The van der Waals surface area contributed by atoms with Crippen LogP contribution >= 0.6 is 0 Å². The van der Waals surface area contributed by atoms with E-state index in [9.17, 15) is 0 Å². The number of fused-ring (bicyclic) bond motifs is 1. The molecule has 1 aromatic carbocycles. The van der Waals surface area contributed by atoms with Gasteiger partial charge < -0.3 is 4.52 Å². The molecule has 0 bridgehead atoms. The van der Waals surface area contributed by atoms with Crippen LogP contribution in [0, 0.1) is 0 Å². The number of pyridine rings is 1. The van der Waals surface area contributed by atoms with E-state index in [4.69, 9.17) is 4.52 Å². The summed E-state index contributed by atoms with van der Waals surface area (Å²) in [5.74, 6) is 1.24. The second-order valence-electron chi connectivity index (χ2n) is 5.85. The van der Waals surface area contributed by atoms with Crippen molar-refractivity contribution in [2.75, 3.05) is 6.54 Å². The van der Waals surface area contributed by atoms with Crippen LogP contribution in [0.4, 0.5) is 0 Å². The van der Waals surface area contributed by atoms with E-state index in [1.165, 1.54) is 11.1 Å².